The number of carbonyl (C=O) groups excluding carboxylic acids is 1. The van der Waals surface area contributed by atoms with E-state index in [0.29, 0.717) is 30.9 Å². The van der Waals surface area contributed by atoms with E-state index >= 15 is 0 Å². The fourth-order valence-corrected chi connectivity index (χ4v) is 4.30. The van der Waals surface area contributed by atoms with Crippen LogP contribution in [0.5, 0.6) is 11.5 Å². The topological polar surface area (TPSA) is 76.2 Å². The Morgan fingerprint density at radius 3 is 2.63 bits per heavy atom. The van der Waals surface area contributed by atoms with Gasteiger partial charge in [0.2, 0.25) is 10.0 Å². The Labute approximate surface area is 177 Å². The predicted octanol–water partition coefficient (Wildman–Crippen LogP) is 2.64. The van der Waals surface area contributed by atoms with Crippen molar-refractivity contribution in [3.63, 3.8) is 0 Å². The molecule has 2 aromatic rings. The molecule has 0 bridgehead atoms. The summed E-state index contributed by atoms with van der Waals surface area (Å²) in [7, 11) is 1.03. The van der Waals surface area contributed by atoms with Crippen LogP contribution in [-0.4, -0.2) is 53.0 Å². The number of benzene rings is 2. The van der Waals surface area contributed by atoms with E-state index in [9.17, 15) is 13.2 Å². The first-order chi connectivity index (χ1) is 14.3. The van der Waals surface area contributed by atoms with Gasteiger partial charge in [0, 0.05) is 26.3 Å². The number of rotatable bonds is 8. The maximum atomic E-state index is 12.8. The Kier molecular flexibility index (Phi) is 6.48. The van der Waals surface area contributed by atoms with Gasteiger partial charge in [-0.25, -0.2) is 12.7 Å². The van der Waals surface area contributed by atoms with E-state index in [1.807, 2.05) is 12.1 Å². The maximum Gasteiger partial charge on any atom is 0.264 e. The van der Waals surface area contributed by atoms with Crippen LogP contribution in [0.15, 0.2) is 53.9 Å². The van der Waals surface area contributed by atoms with E-state index in [2.05, 4.69) is 6.58 Å². The normalized spacial score (nSPS) is 13.3. The van der Waals surface area contributed by atoms with E-state index < -0.39 is 10.0 Å². The van der Waals surface area contributed by atoms with Gasteiger partial charge in [-0.1, -0.05) is 12.1 Å². The molecule has 1 aliphatic heterocycles. The zero-order valence-corrected chi connectivity index (χ0v) is 18.2. The summed E-state index contributed by atoms with van der Waals surface area (Å²) in [6.07, 6.45) is 3.11. The van der Waals surface area contributed by atoms with Crippen molar-refractivity contribution in [3.8, 4) is 11.5 Å². The lowest BCUT2D eigenvalue weighted by Crippen LogP contribution is -2.33. The van der Waals surface area contributed by atoms with Crippen molar-refractivity contribution >= 4 is 21.6 Å². The van der Waals surface area contributed by atoms with Crippen LogP contribution in [0.2, 0.25) is 0 Å². The molecule has 30 heavy (non-hydrogen) atoms. The molecule has 3 rings (SSSR count). The monoisotopic (exact) mass is 430 g/mol. The highest BCUT2D eigenvalue weighted by Crippen LogP contribution is 2.32. The minimum atomic E-state index is -3.51. The van der Waals surface area contributed by atoms with Gasteiger partial charge in [0.25, 0.3) is 5.91 Å². The van der Waals surface area contributed by atoms with Crippen molar-refractivity contribution in [1.82, 2.24) is 4.31 Å². The summed E-state index contributed by atoms with van der Waals surface area (Å²) in [4.78, 5) is 14.6. The molecule has 0 spiro atoms. The zero-order valence-electron chi connectivity index (χ0n) is 17.4. The van der Waals surface area contributed by atoms with Gasteiger partial charge >= 0.3 is 0 Å². The number of carbonyl (C=O) groups is 1. The molecule has 8 heteroatoms. The summed E-state index contributed by atoms with van der Waals surface area (Å²) in [5.41, 5.74) is 2.59. The maximum absolute atomic E-state index is 12.8. The van der Waals surface area contributed by atoms with Crippen molar-refractivity contribution in [2.45, 2.75) is 17.7 Å². The van der Waals surface area contributed by atoms with Gasteiger partial charge in [-0.2, -0.15) is 0 Å². The van der Waals surface area contributed by atoms with Gasteiger partial charge < -0.3 is 14.4 Å². The molecule has 0 aromatic heterocycles. The Balaban J connectivity index is 1.72. The van der Waals surface area contributed by atoms with E-state index in [4.69, 9.17) is 9.47 Å². The number of anilines is 1. The lowest BCUT2D eigenvalue weighted by Gasteiger charge is -2.19. The van der Waals surface area contributed by atoms with Gasteiger partial charge in [0.15, 0.2) is 18.1 Å². The van der Waals surface area contributed by atoms with Gasteiger partial charge in [-0.05, 0) is 54.3 Å². The molecule has 0 unspecified atom stereocenters. The number of sulfonamides is 1. The number of methoxy groups -OCH3 is 1. The minimum absolute atomic E-state index is 0.144. The van der Waals surface area contributed by atoms with Gasteiger partial charge in [-0.3, -0.25) is 4.79 Å². The van der Waals surface area contributed by atoms with Gasteiger partial charge in [0.05, 0.1) is 12.0 Å². The van der Waals surface area contributed by atoms with Crippen LogP contribution in [0.1, 0.15) is 11.1 Å². The molecule has 0 radical (unpaired) electrons. The molecular weight excluding hydrogens is 404 g/mol. The van der Waals surface area contributed by atoms with Crippen molar-refractivity contribution < 1.29 is 22.7 Å². The smallest absolute Gasteiger partial charge is 0.264 e. The third-order valence-electron chi connectivity index (χ3n) is 4.99. The van der Waals surface area contributed by atoms with Crippen LogP contribution in [0, 0.1) is 0 Å². The fraction of sp³-hybridized carbons (Fsp3) is 0.318. The summed E-state index contributed by atoms with van der Waals surface area (Å²) in [6, 6.07) is 10.4. The lowest BCUT2D eigenvalue weighted by molar-refractivity contribution is -0.120. The second-order valence-electron chi connectivity index (χ2n) is 7.14. The largest absolute Gasteiger partial charge is 0.493 e. The first-order valence-corrected chi connectivity index (χ1v) is 11.0. The van der Waals surface area contributed by atoms with Crippen LogP contribution >= 0.6 is 0 Å². The van der Waals surface area contributed by atoms with Crippen molar-refractivity contribution in [1.29, 1.82) is 0 Å². The van der Waals surface area contributed by atoms with Crippen LogP contribution in [-0.2, 0) is 27.7 Å². The van der Waals surface area contributed by atoms with E-state index in [-0.39, 0.29) is 17.4 Å². The molecule has 0 atom stereocenters. The second kappa shape index (κ2) is 8.89. The van der Waals surface area contributed by atoms with Crippen LogP contribution < -0.4 is 14.4 Å². The minimum Gasteiger partial charge on any atom is -0.493 e. The fourth-order valence-electron chi connectivity index (χ4n) is 3.35. The third kappa shape index (κ3) is 4.34. The number of nitrogens with zero attached hydrogens (tertiary/aromatic N) is 2. The number of fused-ring (bicyclic) bond motifs is 1. The van der Waals surface area contributed by atoms with E-state index in [1.54, 1.807) is 36.3 Å². The lowest BCUT2D eigenvalue weighted by atomic mass is 10.1. The molecule has 0 N–H and O–H groups in total. The molecule has 1 heterocycles. The molecule has 160 valence electrons. The summed E-state index contributed by atoms with van der Waals surface area (Å²) in [5.74, 6) is 0.849. The van der Waals surface area contributed by atoms with Crippen LogP contribution in [0.25, 0.3) is 0 Å². The number of hydrogen-bond acceptors (Lipinski definition) is 5. The molecule has 1 aliphatic rings. The predicted molar refractivity (Wildman–Crippen MR) is 116 cm³/mol. The quantitative estimate of drug-likeness (QED) is 0.602. The van der Waals surface area contributed by atoms with Gasteiger partial charge in [0.1, 0.15) is 0 Å². The molecular formula is C22H26N2O5S. The highest BCUT2D eigenvalue weighted by molar-refractivity contribution is 7.89. The molecule has 0 aliphatic carbocycles. The highest BCUT2D eigenvalue weighted by atomic mass is 32.2. The Bertz CT molecular complexity index is 1060. The Morgan fingerprint density at radius 1 is 1.20 bits per heavy atom. The molecule has 0 saturated carbocycles. The average Bonchev–Trinajstić information content (AvgIpc) is 3.16. The van der Waals surface area contributed by atoms with Crippen molar-refractivity contribution in [3.05, 3.63) is 60.2 Å². The number of allylic oxidation sites excluding steroid dienone is 1. The van der Waals surface area contributed by atoms with Gasteiger partial charge in [-0.15, -0.1) is 6.58 Å². The van der Waals surface area contributed by atoms with Crippen LogP contribution in [0.4, 0.5) is 5.69 Å². The molecule has 2 aromatic carbocycles. The van der Waals surface area contributed by atoms with Crippen molar-refractivity contribution in [2.75, 3.05) is 39.3 Å². The second-order valence-corrected chi connectivity index (χ2v) is 9.29. The Morgan fingerprint density at radius 2 is 1.97 bits per heavy atom. The zero-order chi connectivity index (χ0) is 21.9. The standard InChI is InChI=1S/C22H26N2O5S/c1-5-6-16-7-10-20(21(13-16)28-4)29-15-22(25)24-12-11-17-14-18(8-9-19(17)24)30(26,27)23(2)3/h5,7-10,13-14H,1,6,11-12,15H2,2-4H3. The third-order valence-corrected chi connectivity index (χ3v) is 6.80. The Hall–Kier alpha value is -2.84. The molecule has 7 nitrogen and oxygen atoms in total. The van der Waals surface area contributed by atoms with Crippen molar-refractivity contribution in [2.24, 2.45) is 0 Å². The summed E-state index contributed by atoms with van der Waals surface area (Å²) in [6.45, 7) is 4.07. The first kappa shape index (κ1) is 21.9. The van der Waals surface area contributed by atoms with E-state index in [0.717, 1.165) is 16.8 Å². The SMILES string of the molecule is C=CCc1ccc(OCC(=O)N2CCc3cc(S(=O)(=O)N(C)C)ccc32)c(OC)c1. The number of hydrogen-bond donors (Lipinski definition) is 0. The summed E-state index contributed by atoms with van der Waals surface area (Å²) < 4.78 is 36.9. The summed E-state index contributed by atoms with van der Waals surface area (Å²) >= 11 is 0. The first-order valence-electron chi connectivity index (χ1n) is 9.54. The highest BCUT2D eigenvalue weighted by Gasteiger charge is 2.27. The summed E-state index contributed by atoms with van der Waals surface area (Å²) in [5, 5.41) is 0. The molecule has 0 fully saturated rings. The molecule has 0 saturated heterocycles. The van der Waals surface area contributed by atoms with E-state index in [1.165, 1.54) is 24.5 Å². The molecule has 1 amide bonds. The number of amides is 1. The average molecular weight is 431 g/mol. The number of ether oxygens (including phenoxy) is 2. The van der Waals surface area contributed by atoms with Crippen LogP contribution in [0.3, 0.4) is 0 Å².